The molecule has 98 valence electrons. The van der Waals surface area contributed by atoms with Crippen LogP contribution < -0.4 is 14.9 Å². The molecule has 0 aliphatic carbocycles. The summed E-state index contributed by atoms with van der Waals surface area (Å²) in [5, 5.41) is 20.7. The number of nitrogens with one attached hydrogen (secondary N) is 1. The average molecular weight is 271 g/mol. The second-order valence-electron chi connectivity index (χ2n) is 3.34. The van der Waals surface area contributed by atoms with Crippen molar-refractivity contribution < 1.29 is 28.2 Å². The van der Waals surface area contributed by atoms with Gasteiger partial charge < -0.3 is 19.8 Å². The number of carbonyl (C=O) groups excluding carboxylic acids is 2. The van der Waals surface area contributed by atoms with Crippen molar-refractivity contribution in [2.45, 2.75) is 11.3 Å². The molecule has 0 bridgehead atoms. The van der Waals surface area contributed by atoms with Crippen molar-refractivity contribution in [3.05, 3.63) is 29.8 Å². The van der Waals surface area contributed by atoms with Crippen molar-refractivity contribution in [2.24, 2.45) is 0 Å². The van der Waals surface area contributed by atoms with Gasteiger partial charge in [0.05, 0.1) is 10.9 Å². The molecule has 1 aromatic rings. The lowest BCUT2D eigenvalue weighted by Crippen LogP contribution is -2.31. The summed E-state index contributed by atoms with van der Waals surface area (Å²) >= 11 is 0. The molecule has 1 N–H and O–H groups in total. The number of carboxylic acid groups (broad SMARTS) is 2. The Morgan fingerprint density at radius 3 is 2.44 bits per heavy atom. The summed E-state index contributed by atoms with van der Waals surface area (Å²) in [6.45, 7) is -0.333. The van der Waals surface area contributed by atoms with Crippen LogP contribution in [0.2, 0.25) is 0 Å². The maximum Gasteiger partial charge on any atom is 0.240 e. The molecule has 8 heteroatoms. The average Bonchev–Trinajstić information content (AvgIpc) is 2.28. The van der Waals surface area contributed by atoms with Crippen LogP contribution in [0.3, 0.4) is 0 Å². The molecule has 0 unspecified atom stereocenters. The standard InChI is InChI=1S/C10H11NO6S/c12-9(13)4-5-11-18(16,17)8-3-1-2-7(6-8)10(14)15/h1-3,6,11H,4-5H2,(H,12,13)(H,14,15)/p-2. The molecular formula is C10H9NO6S-2. The van der Waals surface area contributed by atoms with E-state index in [1.165, 1.54) is 18.2 Å². The molecule has 0 aliphatic rings. The molecule has 1 rings (SSSR count). The van der Waals surface area contributed by atoms with Gasteiger partial charge in [-0.2, -0.15) is 0 Å². The maximum atomic E-state index is 11.7. The molecule has 0 fully saturated rings. The molecule has 1 aromatic carbocycles. The number of aliphatic carboxylic acids is 1. The SMILES string of the molecule is O=C([O-])CCNS(=O)(=O)c1cccc(C(=O)[O-])c1. The number of hydrogen-bond donors (Lipinski definition) is 1. The first-order chi connectivity index (χ1) is 8.33. The lowest BCUT2D eigenvalue weighted by atomic mass is 10.2. The number of carboxylic acids is 2. The first-order valence-corrected chi connectivity index (χ1v) is 6.32. The highest BCUT2D eigenvalue weighted by atomic mass is 32.2. The number of aromatic carboxylic acids is 1. The number of rotatable bonds is 6. The first kappa shape index (κ1) is 14.1. The molecule has 0 radical (unpaired) electrons. The molecule has 0 saturated heterocycles. The van der Waals surface area contributed by atoms with E-state index in [0.29, 0.717) is 0 Å². The zero-order valence-corrected chi connectivity index (χ0v) is 9.90. The minimum atomic E-state index is -3.94. The predicted octanol–water partition coefficient (Wildman–Crippen LogP) is -2.53. The highest BCUT2D eigenvalue weighted by molar-refractivity contribution is 7.89. The number of sulfonamides is 1. The van der Waals surface area contributed by atoms with Crippen molar-refractivity contribution in [3.8, 4) is 0 Å². The van der Waals surface area contributed by atoms with Crippen LogP contribution >= 0.6 is 0 Å². The smallest absolute Gasteiger partial charge is 0.240 e. The summed E-state index contributed by atoms with van der Waals surface area (Å²) in [5.74, 6) is -2.89. The van der Waals surface area contributed by atoms with Crippen LogP contribution in [0.1, 0.15) is 16.8 Å². The highest BCUT2D eigenvalue weighted by Crippen LogP contribution is 2.10. The Hall–Kier alpha value is -1.93. The van der Waals surface area contributed by atoms with E-state index in [2.05, 4.69) is 0 Å². The van der Waals surface area contributed by atoms with Gasteiger partial charge in [0.1, 0.15) is 0 Å². The third-order valence-electron chi connectivity index (χ3n) is 2.00. The topological polar surface area (TPSA) is 126 Å². The van der Waals surface area contributed by atoms with Crippen LogP contribution in [0, 0.1) is 0 Å². The van der Waals surface area contributed by atoms with Crippen molar-refractivity contribution >= 4 is 22.0 Å². The number of hydrogen-bond acceptors (Lipinski definition) is 6. The predicted molar refractivity (Wildman–Crippen MR) is 55.6 cm³/mol. The van der Waals surface area contributed by atoms with E-state index in [9.17, 15) is 28.2 Å². The Balaban J connectivity index is 2.88. The molecule has 0 aromatic heterocycles. The van der Waals surface area contributed by atoms with Crippen LogP contribution in [0.4, 0.5) is 0 Å². The zero-order valence-electron chi connectivity index (χ0n) is 9.08. The summed E-state index contributed by atoms with van der Waals surface area (Å²) in [6.07, 6.45) is -0.473. The van der Waals surface area contributed by atoms with Gasteiger partial charge in [-0.1, -0.05) is 12.1 Å². The van der Waals surface area contributed by atoms with E-state index in [1.54, 1.807) is 0 Å². The van der Waals surface area contributed by atoms with E-state index < -0.39 is 28.4 Å². The Kier molecular flexibility index (Phi) is 4.40. The number of benzene rings is 1. The van der Waals surface area contributed by atoms with E-state index in [1.807, 2.05) is 4.72 Å². The fourth-order valence-corrected chi connectivity index (χ4v) is 2.24. The molecule has 18 heavy (non-hydrogen) atoms. The van der Waals surface area contributed by atoms with Gasteiger partial charge in [0.25, 0.3) is 0 Å². The molecule has 0 heterocycles. The second-order valence-corrected chi connectivity index (χ2v) is 5.10. The second kappa shape index (κ2) is 5.61. The summed E-state index contributed by atoms with van der Waals surface area (Å²) < 4.78 is 25.3. The Labute approximate surface area is 103 Å². The lowest BCUT2D eigenvalue weighted by Gasteiger charge is -2.09. The molecule has 7 nitrogen and oxygen atoms in total. The van der Waals surface area contributed by atoms with Gasteiger partial charge >= 0.3 is 0 Å². The van der Waals surface area contributed by atoms with E-state index >= 15 is 0 Å². The van der Waals surface area contributed by atoms with Crippen molar-refractivity contribution in [1.82, 2.24) is 4.72 Å². The Morgan fingerprint density at radius 2 is 1.89 bits per heavy atom. The summed E-state index contributed by atoms with van der Waals surface area (Å²) in [4.78, 5) is 20.4. The zero-order chi connectivity index (χ0) is 13.8. The third-order valence-corrected chi connectivity index (χ3v) is 3.46. The highest BCUT2D eigenvalue weighted by Gasteiger charge is 2.13. The molecule has 0 atom stereocenters. The quantitative estimate of drug-likeness (QED) is 0.607. The first-order valence-electron chi connectivity index (χ1n) is 4.84. The molecule has 0 spiro atoms. The fraction of sp³-hybridized carbons (Fsp3) is 0.200. The lowest BCUT2D eigenvalue weighted by molar-refractivity contribution is -0.305. The van der Waals surface area contributed by atoms with Crippen molar-refractivity contribution in [2.75, 3.05) is 6.54 Å². The summed E-state index contributed by atoms with van der Waals surface area (Å²) in [5.41, 5.74) is -0.280. The molecule has 0 saturated carbocycles. The molecular weight excluding hydrogens is 262 g/mol. The van der Waals surface area contributed by atoms with Crippen LogP contribution in [-0.2, 0) is 14.8 Å². The Bertz CT molecular complexity index is 565. The van der Waals surface area contributed by atoms with E-state index in [4.69, 9.17) is 0 Å². The van der Waals surface area contributed by atoms with Crippen LogP contribution in [0.5, 0.6) is 0 Å². The van der Waals surface area contributed by atoms with Crippen molar-refractivity contribution in [1.29, 1.82) is 0 Å². The van der Waals surface area contributed by atoms with E-state index in [-0.39, 0.29) is 17.0 Å². The molecule has 0 aliphatic heterocycles. The van der Waals surface area contributed by atoms with Gasteiger partial charge in [-0.3, -0.25) is 0 Å². The van der Waals surface area contributed by atoms with Crippen LogP contribution in [-0.4, -0.2) is 26.9 Å². The van der Waals surface area contributed by atoms with Gasteiger partial charge in [-0.15, -0.1) is 0 Å². The van der Waals surface area contributed by atoms with Gasteiger partial charge in [0.15, 0.2) is 0 Å². The molecule has 0 amide bonds. The van der Waals surface area contributed by atoms with Crippen molar-refractivity contribution in [3.63, 3.8) is 0 Å². The summed E-state index contributed by atoms with van der Waals surface area (Å²) in [6, 6.07) is 4.55. The number of carbonyl (C=O) groups is 2. The minimum absolute atomic E-state index is 0.275. The van der Waals surface area contributed by atoms with Gasteiger partial charge in [-0.25, -0.2) is 13.1 Å². The Morgan fingerprint density at radius 1 is 1.22 bits per heavy atom. The van der Waals surface area contributed by atoms with E-state index in [0.717, 1.165) is 6.07 Å². The van der Waals surface area contributed by atoms with Gasteiger partial charge in [0, 0.05) is 18.9 Å². The summed E-state index contributed by atoms with van der Waals surface area (Å²) in [7, 11) is -3.94. The van der Waals surface area contributed by atoms with Gasteiger partial charge in [-0.05, 0) is 17.7 Å². The fourth-order valence-electron chi connectivity index (χ4n) is 1.16. The maximum absolute atomic E-state index is 11.7. The minimum Gasteiger partial charge on any atom is -0.550 e. The largest absolute Gasteiger partial charge is 0.550 e. The normalized spacial score (nSPS) is 11.1. The van der Waals surface area contributed by atoms with Crippen LogP contribution in [0.25, 0.3) is 0 Å². The van der Waals surface area contributed by atoms with Crippen LogP contribution in [0.15, 0.2) is 29.2 Å². The monoisotopic (exact) mass is 271 g/mol. The third kappa shape index (κ3) is 3.82. The van der Waals surface area contributed by atoms with Gasteiger partial charge in [0.2, 0.25) is 10.0 Å².